The van der Waals surface area contributed by atoms with Crippen molar-refractivity contribution in [3.05, 3.63) is 76.8 Å². The van der Waals surface area contributed by atoms with E-state index in [1.807, 2.05) is 37.4 Å². The number of anilines is 2. The maximum absolute atomic E-state index is 11.9. The van der Waals surface area contributed by atoms with Gasteiger partial charge in [0.15, 0.2) is 5.11 Å². The van der Waals surface area contributed by atoms with E-state index in [2.05, 4.69) is 44.1 Å². The van der Waals surface area contributed by atoms with Gasteiger partial charge in [-0.3, -0.25) is 9.78 Å². The molecule has 0 saturated carbocycles. The number of carbonyl (C=O) groups is 1. The average molecular weight is 470 g/mol. The van der Waals surface area contributed by atoms with Crippen LogP contribution in [0, 0.1) is 6.92 Å². The normalized spacial score (nSPS) is 18.0. The van der Waals surface area contributed by atoms with Crippen LogP contribution in [0.5, 0.6) is 0 Å². The number of ether oxygens (including phenoxy) is 1. The lowest BCUT2D eigenvalue weighted by Gasteiger charge is -2.29. The van der Waals surface area contributed by atoms with Gasteiger partial charge in [0, 0.05) is 37.4 Å². The van der Waals surface area contributed by atoms with Crippen molar-refractivity contribution in [2.75, 3.05) is 23.9 Å². The second kappa shape index (κ2) is 9.28. The number of thiocarbonyl (C=S) groups is 1. The third kappa shape index (κ3) is 4.21. The van der Waals surface area contributed by atoms with Crippen molar-refractivity contribution in [1.29, 1.82) is 0 Å². The van der Waals surface area contributed by atoms with Crippen molar-refractivity contribution in [2.24, 2.45) is 7.05 Å². The molecular weight excluding hydrogens is 446 g/mol. The molecule has 2 atom stereocenters. The summed E-state index contributed by atoms with van der Waals surface area (Å²) >= 11 is 12.3. The number of aromatic nitrogens is 2. The van der Waals surface area contributed by atoms with Crippen LogP contribution in [0.4, 0.5) is 11.4 Å². The van der Waals surface area contributed by atoms with Crippen LogP contribution in [0.15, 0.2) is 54.7 Å². The first-order valence-corrected chi connectivity index (χ1v) is 10.9. The molecular formula is C23H24ClN5O2S. The first-order valence-electron chi connectivity index (χ1n) is 10.1. The number of hydrogen-bond acceptors (Lipinski definition) is 4. The molecule has 2 unspecified atom stereocenters. The Morgan fingerprint density at radius 3 is 2.72 bits per heavy atom. The molecule has 1 aliphatic rings. The van der Waals surface area contributed by atoms with Gasteiger partial charge in [-0.05, 0) is 61.6 Å². The topological polar surface area (TPSA) is 71.4 Å². The van der Waals surface area contributed by atoms with Crippen LogP contribution in [0.3, 0.4) is 0 Å². The second-order valence-corrected chi connectivity index (χ2v) is 8.39. The van der Waals surface area contributed by atoms with Gasteiger partial charge in [0.1, 0.15) is 12.6 Å². The molecule has 0 spiro atoms. The van der Waals surface area contributed by atoms with Crippen LogP contribution < -0.4 is 15.5 Å². The lowest BCUT2D eigenvalue weighted by Crippen LogP contribution is -2.30. The quantitative estimate of drug-likeness (QED) is 0.528. The molecule has 1 amide bonds. The zero-order valence-electron chi connectivity index (χ0n) is 18.0. The zero-order chi connectivity index (χ0) is 22.8. The van der Waals surface area contributed by atoms with E-state index >= 15 is 0 Å². The predicted molar refractivity (Wildman–Crippen MR) is 130 cm³/mol. The highest BCUT2D eigenvalue weighted by Crippen LogP contribution is 2.43. The molecule has 32 heavy (non-hydrogen) atoms. The van der Waals surface area contributed by atoms with E-state index in [-0.39, 0.29) is 24.6 Å². The number of aryl methyl sites for hydroxylation is 1. The van der Waals surface area contributed by atoms with Crippen molar-refractivity contribution < 1.29 is 9.53 Å². The van der Waals surface area contributed by atoms with Crippen molar-refractivity contribution >= 4 is 46.2 Å². The summed E-state index contributed by atoms with van der Waals surface area (Å²) in [7, 11) is 3.51. The maximum atomic E-state index is 11.9. The van der Waals surface area contributed by atoms with Crippen molar-refractivity contribution in [2.45, 2.75) is 19.0 Å². The summed E-state index contributed by atoms with van der Waals surface area (Å²) in [6, 6.07) is 15.3. The highest BCUT2D eigenvalue weighted by Gasteiger charge is 2.42. The van der Waals surface area contributed by atoms with Crippen LogP contribution in [0.1, 0.15) is 29.2 Å². The average Bonchev–Trinajstić information content (AvgIpc) is 3.29. The number of methoxy groups -OCH3 is 1. The minimum atomic E-state index is -0.270. The summed E-state index contributed by atoms with van der Waals surface area (Å²) in [4.78, 5) is 18.5. The van der Waals surface area contributed by atoms with Gasteiger partial charge in [-0.2, -0.15) is 0 Å². The van der Waals surface area contributed by atoms with Gasteiger partial charge < -0.3 is 24.8 Å². The number of rotatable bonds is 6. The predicted octanol–water partition coefficient (Wildman–Crippen LogP) is 4.14. The van der Waals surface area contributed by atoms with E-state index in [0.717, 1.165) is 22.8 Å². The number of nitrogens with one attached hydrogen (secondary N) is 2. The van der Waals surface area contributed by atoms with E-state index in [1.54, 1.807) is 12.3 Å². The Bertz CT molecular complexity index is 1150. The van der Waals surface area contributed by atoms with Crippen LogP contribution in [0.25, 0.3) is 0 Å². The van der Waals surface area contributed by atoms with Gasteiger partial charge in [0.2, 0.25) is 5.91 Å². The van der Waals surface area contributed by atoms with Gasteiger partial charge in [-0.1, -0.05) is 17.7 Å². The molecule has 4 rings (SSSR count). The smallest absolute Gasteiger partial charge is 0.250 e. The number of halogens is 1. The third-order valence-corrected chi connectivity index (χ3v) is 6.22. The van der Waals surface area contributed by atoms with Crippen molar-refractivity contribution in [3.63, 3.8) is 0 Å². The summed E-state index contributed by atoms with van der Waals surface area (Å²) in [5.41, 5.74) is 4.48. The van der Waals surface area contributed by atoms with Gasteiger partial charge in [0.25, 0.3) is 0 Å². The summed E-state index contributed by atoms with van der Waals surface area (Å²) in [6.45, 7) is 2.03. The molecule has 2 aromatic heterocycles. The fourth-order valence-electron chi connectivity index (χ4n) is 3.94. The molecule has 7 nitrogen and oxygen atoms in total. The molecule has 0 bridgehead atoms. The number of amides is 1. The van der Waals surface area contributed by atoms with E-state index in [1.165, 1.54) is 7.11 Å². The standard InChI is InChI=1S/C23H24ClN5O2S/c1-14-7-10-19(28(14)2)22-21(18-6-4-5-11-25-18)27-23(32)29(22)15-8-9-17(16(24)12-15)26-20(30)13-31-3/h4-12,21-22H,13H2,1-3H3,(H,26,30)(H,27,32). The molecule has 3 heterocycles. The van der Waals surface area contributed by atoms with Gasteiger partial charge in [0.05, 0.1) is 22.4 Å². The highest BCUT2D eigenvalue weighted by atomic mass is 35.5. The molecule has 2 N–H and O–H groups in total. The third-order valence-electron chi connectivity index (χ3n) is 5.59. The molecule has 1 aliphatic heterocycles. The number of nitrogens with zero attached hydrogens (tertiary/aromatic N) is 3. The molecule has 3 aromatic rings. The molecule has 9 heteroatoms. The Hall–Kier alpha value is -2.94. The van der Waals surface area contributed by atoms with E-state index in [0.29, 0.717) is 15.8 Å². The fraction of sp³-hybridized carbons (Fsp3) is 0.261. The first kappa shape index (κ1) is 22.3. The molecule has 1 fully saturated rings. The van der Waals surface area contributed by atoms with Gasteiger partial charge in [-0.15, -0.1) is 0 Å². The molecule has 1 saturated heterocycles. The lowest BCUT2D eigenvalue weighted by molar-refractivity contribution is -0.119. The van der Waals surface area contributed by atoms with E-state index in [9.17, 15) is 4.79 Å². The second-order valence-electron chi connectivity index (χ2n) is 7.60. The number of benzene rings is 1. The minimum Gasteiger partial charge on any atom is -0.375 e. The summed E-state index contributed by atoms with van der Waals surface area (Å²) in [5.74, 6) is -0.270. The number of carbonyl (C=O) groups excluding carboxylic acids is 1. The van der Waals surface area contributed by atoms with Crippen LogP contribution in [-0.4, -0.2) is 34.3 Å². The molecule has 1 aromatic carbocycles. The SMILES string of the molecule is COCC(=O)Nc1ccc(N2C(=S)NC(c3ccccn3)C2c2ccc(C)n2C)cc1Cl. The largest absolute Gasteiger partial charge is 0.375 e. The molecule has 166 valence electrons. The number of hydrogen-bond donors (Lipinski definition) is 2. The Balaban J connectivity index is 1.74. The Morgan fingerprint density at radius 1 is 1.28 bits per heavy atom. The Labute approximate surface area is 197 Å². The summed E-state index contributed by atoms with van der Waals surface area (Å²) in [6.07, 6.45) is 1.78. The monoisotopic (exact) mass is 469 g/mol. The summed E-state index contributed by atoms with van der Waals surface area (Å²) in [5, 5.41) is 7.19. The molecule has 0 aliphatic carbocycles. The van der Waals surface area contributed by atoms with E-state index < -0.39 is 0 Å². The Morgan fingerprint density at radius 2 is 2.09 bits per heavy atom. The van der Waals surface area contributed by atoms with Crippen LogP contribution in [-0.2, 0) is 16.6 Å². The first-order chi connectivity index (χ1) is 15.4. The van der Waals surface area contributed by atoms with Crippen LogP contribution in [0.2, 0.25) is 5.02 Å². The maximum Gasteiger partial charge on any atom is 0.250 e. The molecule has 0 radical (unpaired) electrons. The fourth-order valence-corrected chi connectivity index (χ4v) is 4.50. The summed E-state index contributed by atoms with van der Waals surface area (Å²) < 4.78 is 7.02. The van der Waals surface area contributed by atoms with Crippen LogP contribution >= 0.6 is 23.8 Å². The highest BCUT2D eigenvalue weighted by molar-refractivity contribution is 7.80. The zero-order valence-corrected chi connectivity index (χ0v) is 19.6. The van der Waals surface area contributed by atoms with Gasteiger partial charge >= 0.3 is 0 Å². The minimum absolute atomic E-state index is 0.0428. The van der Waals surface area contributed by atoms with Gasteiger partial charge in [-0.25, -0.2) is 0 Å². The number of pyridine rings is 1. The van der Waals surface area contributed by atoms with E-state index in [4.69, 9.17) is 28.6 Å². The van der Waals surface area contributed by atoms with Crippen molar-refractivity contribution in [1.82, 2.24) is 14.9 Å². The lowest BCUT2D eigenvalue weighted by atomic mass is 10.0. The van der Waals surface area contributed by atoms with Crippen molar-refractivity contribution in [3.8, 4) is 0 Å². The Kier molecular flexibility index (Phi) is 6.45.